The van der Waals surface area contributed by atoms with Crippen molar-refractivity contribution in [3.8, 4) is 0 Å². The van der Waals surface area contributed by atoms with Crippen LogP contribution in [0.2, 0.25) is 0 Å². The van der Waals surface area contributed by atoms with E-state index in [1.54, 1.807) is 0 Å². The molecular formula is C13H23NO. The third kappa shape index (κ3) is 1.45. The van der Waals surface area contributed by atoms with Gasteiger partial charge in [0.15, 0.2) is 0 Å². The molecule has 0 bridgehead atoms. The van der Waals surface area contributed by atoms with Gasteiger partial charge in [-0.25, -0.2) is 0 Å². The molecule has 1 saturated heterocycles. The van der Waals surface area contributed by atoms with E-state index >= 15 is 0 Å². The maximum atomic E-state index is 5.91. The van der Waals surface area contributed by atoms with Crippen LogP contribution in [-0.2, 0) is 4.74 Å². The van der Waals surface area contributed by atoms with Gasteiger partial charge >= 0.3 is 0 Å². The number of rotatable bonds is 2. The Morgan fingerprint density at radius 3 is 2.73 bits per heavy atom. The Bertz CT molecular complexity index is 263. The Morgan fingerprint density at radius 1 is 1.33 bits per heavy atom. The molecule has 3 aliphatic rings. The largest absolute Gasteiger partial charge is 0.377 e. The van der Waals surface area contributed by atoms with Gasteiger partial charge in [0.25, 0.3) is 0 Å². The molecule has 0 radical (unpaired) electrons. The standard InChI is InChI=1S/C13H23NO/c1-8-7-10(8)14-11-9-5-4-6-15-12(9)13(11,2)3/h8-12,14H,4-7H2,1-3H3. The third-order valence-electron chi connectivity index (χ3n) is 4.83. The molecule has 0 aromatic rings. The van der Waals surface area contributed by atoms with E-state index in [9.17, 15) is 0 Å². The van der Waals surface area contributed by atoms with Crippen molar-refractivity contribution < 1.29 is 4.74 Å². The van der Waals surface area contributed by atoms with Gasteiger partial charge in [0.1, 0.15) is 0 Å². The van der Waals surface area contributed by atoms with Crippen molar-refractivity contribution in [1.29, 1.82) is 0 Å². The zero-order chi connectivity index (χ0) is 10.6. The Balaban J connectivity index is 1.66. The van der Waals surface area contributed by atoms with Crippen LogP contribution in [0.5, 0.6) is 0 Å². The summed E-state index contributed by atoms with van der Waals surface area (Å²) in [5.41, 5.74) is 0.355. The molecule has 3 rings (SSSR count). The Labute approximate surface area is 92.8 Å². The van der Waals surface area contributed by atoms with Gasteiger partial charge in [0.2, 0.25) is 0 Å². The normalized spacial score (nSPS) is 51.8. The van der Waals surface area contributed by atoms with Crippen molar-refractivity contribution in [2.24, 2.45) is 17.3 Å². The lowest BCUT2D eigenvalue weighted by atomic mass is 9.55. The first-order chi connectivity index (χ1) is 7.10. The van der Waals surface area contributed by atoms with Crippen LogP contribution in [-0.4, -0.2) is 24.8 Å². The van der Waals surface area contributed by atoms with E-state index in [4.69, 9.17) is 4.74 Å². The predicted molar refractivity (Wildman–Crippen MR) is 60.7 cm³/mol. The van der Waals surface area contributed by atoms with Crippen LogP contribution in [0.1, 0.15) is 40.0 Å². The van der Waals surface area contributed by atoms with Gasteiger partial charge < -0.3 is 10.1 Å². The van der Waals surface area contributed by atoms with Crippen molar-refractivity contribution >= 4 is 0 Å². The number of fused-ring (bicyclic) bond motifs is 1. The summed E-state index contributed by atoms with van der Waals surface area (Å²) in [6.45, 7) is 8.06. The molecule has 2 nitrogen and oxygen atoms in total. The summed E-state index contributed by atoms with van der Waals surface area (Å²) in [7, 11) is 0. The van der Waals surface area contributed by atoms with E-state index in [2.05, 4.69) is 26.1 Å². The summed E-state index contributed by atoms with van der Waals surface area (Å²) in [5, 5.41) is 3.85. The average Bonchev–Trinajstić information content (AvgIpc) is 2.91. The summed E-state index contributed by atoms with van der Waals surface area (Å²) >= 11 is 0. The van der Waals surface area contributed by atoms with Gasteiger partial charge in [0, 0.05) is 30.0 Å². The number of ether oxygens (including phenoxy) is 1. The molecule has 15 heavy (non-hydrogen) atoms. The van der Waals surface area contributed by atoms with Gasteiger partial charge in [-0.2, -0.15) is 0 Å². The highest BCUT2D eigenvalue weighted by molar-refractivity contribution is 5.12. The highest BCUT2D eigenvalue weighted by Crippen LogP contribution is 2.52. The van der Waals surface area contributed by atoms with Gasteiger partial charge in [-0.1, -0.05) is 20.8 Å². The minimum atomic E-state index is 0.355. The molecule has 1 N–H and O–H groups in total. The van der Waals surface area contributed by atoms with Crippen LogP contribution >= 0.6 is 0 Å². The van der Waals surface area contributed by atoms with Crippen LogP contribution in [0.15, 0.2) is 0 Å². The predicted octanol–water partition coefficient (Wildman–Crippen LogP) is 2.19. The maximum Gasteiger partial charge on any atom is 0.0684 e. The van der Waals surface area contributed by atoms with Crippen molar-refractivity contribution in [2.45, 2.75) is 58.2 Å². The molecule has 5 atom stereocenters. The molecule has 86 valence electrons. The summed E-state index contributed by atoms with van der Waals surface area (Å²) in [4.78, 5) is 0. The molecular weight excluding hydrogens is 186 g/mol. The van der Waals surface area contributed by atoms with Crippen LogP contribution in [0, 0.1) is 17.3 Å². The molecule has 2 saturated carbocycles. The molecule has 0 aromatic carbocycles. The molecule has 2 heteroatoms. The minimum Gasteiger partial charge on any atom is -0.377 e. The van der Waals surface area contributed by atoms with E-state index in [1.807, 2.05) is 0 Å². The summed E-state index contributed by atoms with van der Waals surface area (Å²) in [6.07, 6.45) is 4.53. The zero-order valence-corrected chi connectivity index (χ0v) is 10.1. The molecule has 0 spiro atoms. The lowest BCUT2D eigenvalue weighted by Gasteiger charge is -2.60. The monoisotopic (exact) mass is 209 g/mol. The van der Waals surface area contributed by atoms with Gasteiger partial charge in [-0.05, 0) is 25.2 Å². The van der Waals surface area contributed by atoms with Crippen LogP contribution < -0.4 is 5.32 Å². The molecule has 5 unspecified atom stereocenters. The lowest BCUT2D eigenvalue weighted by Crippen LogP contribution is -2.69. The molecule has 2 aliphatic carbocycles. The minimum absolute atomic E-state index is 0.355. The van der Waals surface area contributed by atoms with E-state index in [-0.39, 0.29) is 0 Å². The van der Waals surface area contributed by atoms with Crippen molar-refractivity contribution in [1.82, 2.24) is 5.32 Å². The molecule has 1 heterocycles. The summed E-state index contributed by atoms with van der Waals surface area (Å²) in [5.74, 6) is 1.70. The first-order valence-electron chi connectivity index (χ1n) is 6.48. The van der Waals surface area contributed by atoms with Gasteiger partial charge in [0.05, 0.1) is 6.10 Å². The Morgan fingerprint density at radius 2 is 2.07 bits per heavy atom. The SMILES string of the molecule is CC1CC1NC1C2CCCOC2C1(C)C. The molecule has 1 aliphatic heterocycles. The smallest absolute Gasteiger partial charge is 0.0684 e. The topological polar surface area (TPSA) is 21.3 Å². The number of hydrogen-bond donors (Lipinski definition) is 1. The number of nitrogens with one attached hydrogen (secondary N) is 1. The summed E-state index contributed by atoms with van der Waals surface area (Å²) in [6, 6.07) is 1.51. The molecule has 0 aromatic heterocycles. The highest BCUT2D eigenvalue weighted by Gasteiger charge is 2.59. The fraction of sp³-hybridized carbons (Fsp3) is 1.00. The van der Waals surface area contributed by atoms with Crippen LogP contribution in [0.3, 0.4) is 0 Å². The van der Waals surface area contributed by atoms with E-state index < -0.39 is 0 Å². The van der Waals surface area contributed by atoms with Crippen LogP contribution in [0.4, 0.5) is 0 Å². The molecule has 3 fully saturated rings. The second-order valence-corrected chi connectivity index (χ2v) is 6.38. The second kappa shape index (κ2) is 3.21. The number of hydrogen-bond acceptors (Lipinski definition) is 2. The van der Waals surface area contributed by atoms with Crippen molar-refractivity contribution in [2.75, 3.05) is 6.61 Å². The van der Waals surface area contributed by atoms with Gasteiger partial charge in [-0.15, -0.1) is 0 Å². The van der Waals surface area contributed by atoms with Crippen LogP contribution in [0.25, 0.3) is 0 Å². The first kappa shape index (κ1) is 10.1. The summed E-state index contributed by atoms with van der Waals surface area (Å²) < 4.78 is 5.91. The van der Waals surface area contributed by atoms with E-state index in [1.165, 1.54) is 19.3 Å². The first-order valence-corrected chi connectivity index (χ1v) is 6.48. The van der Waals surface area contributed by atoms with E-state index in [0.29, 0.717) is 17.6 Å². The zero-order valence-electron chi connectivity index (χ0n) is 10.1. The van der Waals surface area contributed by atoms with Crippen molar-refractivity contribution in [3.05, 3.63) is 0 Å². The second-order valence-electron chi connectivity index (χ2n) is 6.38. The lowest BCUT2D eigenvalue weighted by molar-refractivity contribution is -0.193. The average molecular weight is 209 g/mol. The Kier molecular flexibility index (Phi) is 2.16. The fourth-order valence-electron chi connectivity index (χ4n) is 3.65. The van der Waals surface area contributed by atoms with Crippen molar-refractivity contribution in [3.63, 3.8) is 0 Å². The van der Waals surface area contributed by atoms with Gasteiger partial charge in [-0.3, -0.25) is 0 Å². The maximum absolute atomic E-state index is 5.91. The molecule has 0 amide bonds. The quantitative estimate of drug-likeness (QED) is 0.752. The van der Waals surface area contributed by atoms with E-state index in [0.717, 1.165) is 24.5 Å². The third-order valence-corrected chi connectivity index (χ3v) is 4.83. The Hall–Kier alpha value is -0.0800. The fourth-order valence-corrected chi connectivity index (χ4v) is 3.65. The highest BCUT2D eigenvalue weighted by atomic mass is 16.5.